The molecule has 1 aromatic carbocycles. The van der Waals surface area contributed by atoms with Gasteiger partial charge < -0.3 is 34.1 Å². The van der Waals surface area contributed by atoms with Crippen molar-refractivity contribution in [3.63, 3.8) is 0 Å². The maximum absolute atomic E-state index is 12.5. The Morgan fingerprint density at radius 1 is 1.20 bits per heavy atom. The zero-order valence-corrected chi connectivity index (χ0v) is 19.4. The molecule has 11 nitrogen and oxygen atoms in total. The maximum Gasteiger partial charge on any atom is 0.337 e. The molecule has 1 spiro atoms. The minimum absolute atomic E-state index is 0.212. The number of carbonyl (C=O) groups excluding carboxylic acids is 1. The number of aliphatic hydroxyl groups excluding tert-OH is 1. The summed E-state index contributed by atoms with van der Waals surface area (Å²) in [6, 6.07) is 4.10. The number of hydrogen-bond donors (Lipinski definition) is 2. The quantitative estimate of drug-likeness (QED) is 0.0858. The first-order valence-electron chi connectivity index (χ1n) is 12.0. The van der Waals surface area contributed by atoms with Crippen LogP contribution in [0, 0.1) is 5.92 Å². The summed E-state index contributed by atoms with van der Waals surface area (Å²) in [7, 11) is 0. The number of carbonyl (C=O) groups is 1. The average molecular weight is 487 g/mol. The van der Waals surface area contributed by atoms with Gasteiger partial charge in [0, 0.05) is 34.4 Å². The van der Waals surface area contributed by atoms with Crippen molar-refractivity contribution in [1.29, 1.82) is 0 Å². The highest BCUT2D eigenvalue weighted by Crippen LogP contribution is 2.61. The highest BCUT2D eigenvalue weighted by atomic mass is 16.6. The molecule has 2 N–H and O–H groups in total. The molecule has 5 rings (SSSR count). The SMILES string of the molecule is [N-]=[N+]=NCCOCCOCCOCC(=O)Oc1ccc2c3c1O[C@H]1[C@@H](O)C=C[C@H]4[C@@H](C2)NCC[C@@]341. The molecule has 0 amide bonds. The third-order valence-corrected chi connectivity index (χ3v) is 7.25. The highest BCUT2D eigenvalue weighted by Gasteiger charge is 2.63. The number of ether oxygens (including phenoxy) is 5. The predicted octanol–water partition coefficient (Wildman–Crippen LogP) is 1.42. The Bertz CT molecular complexity index is 1030. The number of benzene rings is 1. The van der Waals surface area contributed by atoms with E-state index in [9.17, 15) is 9.90 Å². The van der Waals surface area contributed by atoms with Crippen LogP contribution in [0.25, 0.3) is 10.4 Å². The van der Waals surface area contributed by atoms with Crippen LogP contribution in [0.2, 0.25) is 0 Å². The number of nitrogens with zero attached hydrogens (tertiary/aromatic N) is 3. The van der Waals surface area contributed by atoms with E-state index in [0.29, 0.717) is 44.0 Å². The van der Waals surface area contributed by atoms with Gasteiger partial charge in [-0.1, -0.05) is 23.3 Å². The molecule has 0 aromatic heterocycles. The van der Waals surface area contributed by atoms with E-state index < -0.39 is 12.1 Å². The van der Waals surface area contributed by atoms with Gasteiger partial charge in [0.05, 0.1) is 33.0 Å². The molecular weight excluding hydrogens is 456 g/mol. The Morgan fingerprint density at radius 3 is 2.83 bits per heavy atom. The van der Waals surface area contributed by atoms with E-state index in [4.69, 9.17) is 29.2 Å². The summed E-state index contributed by atoms with van der Waals surface area (Å²) in [6.07, 6.45) is 4.62. The molecule has 5 atom stereocenters. The number of aliphatic hydroxyl groups is 1. The summed E-state index contributed by atoms with van der Waals surface area (Å²) in [5.74, 6) is 0.674. The minimum Gasteiger partial charge on any atom is -0.482 e. The van der Waals surface area contributed by atoms with Crippen LogP contribution in [0.3, 0.4) is 0 Å². The summed E-state index contributed by atoms with van der Waals surface area (Å²) >= 11 is 0. The standard InChI is InChI=1S/C24H30N4O7/c25-28-27-7-8-31-9-10-32-11-12-33-14-20(30)34-19-4-1-15-13-17-16-2-3-18(29)23-24(16,5-6-26-17)21(15)22(19)35-23/h1-4,16-18,23,26,29H,5-14H2/t16-,17+,18-,23-,24-/m0/s1. The average Bonchev–Trinajstić information content (AvgIpc) is 3.20. The number of piperidine rings is 1. The Morgan fingerprint density at radius 2 is 2.00 bits per heavy atom. The number of esters is 1. The third-order valence-electron chi connectivity index (χ3n) is 7.25. The summed E-state index contributed by atoms with van der Waals surface area (Å²) in [6.45, 7) is 2.59. The fourth-order valence-corrected chi connectivity index (χ4v) is 5.95. The van der Waals surface area contributed by atoms with Crippen molar-refractivity contribution in [3.8, 4) is 11.5 Å². The molecule has 0 unspecified atom stereocenters. The van der Waals surface area contributed by atoms with Gasteiger partial charge in [0.2, 0.25) is 0 Å². The smallest absolute Gasteiger partial charge is 0.337 e. The summed E-state index contributed by atoms with van der Waals surface area (Å²) in [5, 5.41) is 17.7. The van der Waals surface area contributed by atoms with Crippen molar-refractivity contribution >= 4 is 5.97 Å². The van der Waals surface area contributed by atoms with Crippen LogP contribution in [0.5, 0.6) is 11.5 Å². The lowest BCUT2D eigenvalue weighted by Gasteiger charge is -2.53. The Labute approximate surface area is 202 Å². The highest BCUT2D eigenvalue weighted by molar-refractivity contribution is 5.75. The molecule has 0 saturated carbocycles. The molecule has 35 heavy (non-hydrogen) atoms. The topological polar surface area (TPSA) is 144 Å². The molecule has 2 heterocycles. The molecule has 2 aliphatic heterocycles. The summed E-state index contributed by atoms with van der Waals surface area (Å²) in [5.41, 5.74) is 10.2. The van der Waals surface area contributed by atoms with E-state index in [0.717, 1.165) is 24.9 Å². The van der Waals surface area contributed by atoms with Gasteiger partial charge >= 0.3 is 5.97 Å². The lowest BCUT2D eigenvalue weighted by molar-refractivity contribution is -0.140. The van der Waals surface area contributed by atoms with Crippen molar-refractivity contribution in [2.24, 2.45) is 11.0 Å². The van der Waals surface area contributed by atoms with E-state index in [1.54, 1.807) is 6.07 Å². The van der Waals surface area contributed by atoms with Gasteiger partial charge in [0.25, 0.3) is 0 Å². The van der Waals surface area contributed by atoms with Crippen LogP contribution in [0.4, 0.5) is 0 Å². The van der Waals surface area contributed by atoms with Crippen LogP contribution >= 0.6 is 0 Å². The molecule has 2 bridgehead atoms. The number of azide groups is 1. The van der Waals surface area contributed by atoms with Crippen molar-refractivity contribution in [3.05, 3.63) is 45.9 Å². The predicted molar refractivity (Wildman–Crippen MR) is 123 cm³/mol. The molecule has 4 aliphatic rings. The number of nitrogens with one attached hydrogen (secondary N) is 1. The molecule has 1 aromatic rings. The van der Waals surface area contributed by atoms with Crippen LogP contribution < -0.4 is 14.8 Å². The van der Waals surface area contributed by atoms with Gasteiger partial charge in [-0.3, -0.25) is 0 Å². The van der Waals surface area contributed by atoms with Crippen molar-refractivity contribution in [1.82, 2.24) is 5.32 Å². The molecule has 1 saturated heterocycles. The molecular formula is C24H30N4O7. The van der Waals surface area contributed by atoms with Gasteiger partial charge in [-0.05, 0) is 36.5 Å². The molecule has 0 radical (unpaired) electrons. The van der Waals surface area contributed by atoms with Crippen LogP contribution in [0.1, 0.15) is 17.5 Å². The van der Waals surface area contributed by atoms with Crippen LogP contribution in [-0.4, -0.2) is 82.1 Å². The van der Waals surface area contributed by atoms with Crippen molar-refractivity contribution in [2.45, 2.75) is 36.5 Å². The first-order valence-corrected chi connectivity index (χ1v) is 12.0. The van der Waals surface area contributed by atoms with Crippen molar-refractivity contribution < 1.29 is 33.6 Å². The number of hydrogen-bond acceptors (Lipinski definition) is 9. The zero-order valence-electron chi connectivity index (χ0n) is 19.4. The second-order valence-corrected chi connectivity index (χ2v) is 9.13. The Kier molecular flexibility index (Phi) is 7.24. The van der Waals surface area contributed by atoms with E-state index in [1.807, 2.05) is 12.1 Å². The summed E-state index contributed by atoms with van der Waals surface area (Å²) < 4.78 is 28.0. The van der Waals surface area contributed by atoms with E-state index in [2.05, 4.69) is 21.4 Å². The van der Waals surface area contributed by atoms with E-state index >= 15 is 0 Å². The van der Waals surface area contributed by atoms with E-state index in [-0.39, 0.29) is 37.2 Å². The molecule has 1 fully saturated rings. The lowest BCUT2D eigenvalue weighted by atomic mass is 9.54. The fourth-order valence-electron chi connectivity index (χ4n) is 5.95. The zero-order chi connectivity index (χ0) is 24.3. The van der Waals surface area contributed by atoms with Crippen LogP contribution in [0.15, 0.2) is 29.4 Å². The van der Waals surface area contributed by atoms with Gasteiger partial charge in [0.15, 0.2) is 11.5 Å². The molecule has 188 valence electrons. The molecule has 11 heteroatoms. The first-order chi connectivity index (χ1) is 17.1. The fraction of sp³-hybridized carbons (Fsp3) is 0.625. The second-order valence-electron chi connectivity index (χ2n) is 9.13. The van der Waals surface area contributed by atoms with Gasteiger partial charge in [-0.25, -0.2) is 4.79 Å². The Hall–Kier alpha value is -2.66. The van der Waals surface area contributed by atoms with E-state index in [1.165, 1.54) is 5.56 Å². The van der Waals surface area contributed by atoms with Gasteiger partial charge in [0.1, 0.15) is 18.8 Å². The second kappa shape index (κ2) is 10.5. The van der Waals surface area contributed by atoms with Gasteiger partial charge in [-0.15, -0.1) is 0 Å². The Balaban J connectivity index is 1.14. The monoisotopic (exact) mass is 486 g/mol. The van der Waals surface area contributed by atoms with Crippen molar-refractivity contribution in [2.75, 3.05) is 52.7 Å². The number of rotatable bonds is 12. The maximum atomic E-state index is 12.5. The third kappa shape index (κ3) is 4.51. The van der Waals surface area contributed by atoms with Gasteiger partial charge in [-0.2, -0.15) is 0 Å². The normalized spacial score (nSPS) is 29.2. The molecule has 2 aliphatic carbocycles. The lowest BCUT2D eigenvalue weighted by Crippen LogP contribution is -2.64. The first kappa shape index (κ1) is 24.1. The van der Waals surface area contributed by atoms with Crippen LogP contribution in [-0.2, 0) is 30.8 Å². The minimum atomic E-state index is -0.702. The summed E-state index contributed by atoms with van der Waals surface area (Å²) in [4.78, 5) is 15.1. The largest absolute Gasteiger partial charge is 0.482 e.